The van der Waals surface area contributed by atoms with Crippen molar-refractivity contribution < 1.29 is 19.7 Å². The van der Waals surface area contributed by atoms with Crippen molar-refractivity contribution in [2.75, 3.05) is 13.2 Å². The smallest absolute Gasteiger partial charge is 0.339 e. The summed E-state index contributed by atoms with van der Waals surface area (Å²) in [5, 5.41) is 17.9. The standard InChI is InChI=1S/C9H8ClIO4/c10-5-3-6(9(13)14)8(7(11)4-5)15-2-1-12/h3-4,12H,1-2H2,(H,13,14). The van der Waals surface area contributed by atoms with Gasteiger partial charge in [-0.05, 0) is 34.7 Å². The van der Waals surface area contributed by atoms with Gasteiger partial charge in [-0.2, -0.15) is 0 Å². The number of aromatic carboxylic acids is 1. The van der Waals surface area contributed by atoms with Gasteiger partial charge < -0.3 is 14.9 Å². The number of carbonyl (C=O) groups is 1. The molecule has 0 unspecified atom stereocenters. The highest BCUT2D eigenvalue weighted by molar-refractivity contribution is 14.1. The van der Waals surface area contributed by atoms with Gasteiger partial charge in [0.05, 0.1) is 10.2 Å². The van der Waals surface area contributed by atoms with E-state index in [4.69, 9.17) is 26.6 Å². The lowest BCUT2D eigenvalue weighted by atomic mass is 10.2. The molecule has 0 spiro atoms. The first kappa shape index (κ1) is 12.5. The van der Waals surface area contributed by atoms with E-state index in [9.17, 15) is 4.79 Å². The van der Waals surface area contributed by atoms with Crippen LogP contribution in [-0.2, 0) is 0 Å². The van der Waals surface area contributed by atoms with Crippen LogP contribution in [-0.4, -0.2) is 29.4 Å². The van der Waals surface area contributed by atoms with Crippen LogP contribution >= 0.6 is 34.2 Å². The van der Waals surface area contributed by atoms with Gasteiger partial charge in [-0.25, -0.2) is 4.79 Å². The molecule has 0 bridgehead atoms. The molecule has 1 rings (SSSR count). The summed E-state index contributed by atoms with van der Waals surface area (Å²) in [7, 11) is 0. The zero-order valence-electron chi connectivity index (χ0n) is 7.54. The number of ether oxygens (including phenoxy) is 1. The van der Waals surface area contributed by atoms with Crippen LogP contribution in [0.5, 0.6) is 5.75 Å². The molecule has 0 fully saturated rings. The number of benzene rings is 1. The first-order chi connectivity index (χ1) is 7.06. The summed E-state index contributed by atoms with van der Waals surface area (Å²) in [6.07, 6.45) is 0. The zero-order chi connectivity index (χ0) is 11.4. The molecule has 0 aliphatic rings. The minimum atomic E-state index is -1.11. The van der Waals surface area contributed by atoms with Crippen LogP contribution in [0.1, 0.15) is 10.4 Å². The van der Waals surface area contributed by atoms with Crippen LogP contribution in [0, 0.1) is 3.57 Å². The van der Waals surface area contributed by atoms with Crippen molar-refractivity contribution in [1.29, 1.82) is 0 Å². The fraction of sp³-hybridized carbons (Fsp3) is 0.222. The highest BCUT2D eigenvalue weighted by Gasteiger charge is 2.15. The Balaban J connectivity index is 3.15. The van der Waals surface area contributed by atoms with E-state index in [1.165, 1.54) is 6.07 Å². The normalized spacial score (nSPS) is 10.1. The molecular formula is C9H8ClIO4. The summed E-state index contributed by atoms with van der Waals surface area (Å²) in [4.78, 5) is 10.9. The van der Waals surface area contributed by atoms with Gasteiger partial charge in [0.2, 0.25) is 0 Å². The molecule has 0 saturated carbocycles. The molecule has 0 aromatic heterocycles. The van der Waals surface area contributed by atoms with Crippen LogP contribution in [0.15, 0.2) is 12.1 Å². The number of halogens is 2. The van der Waals surface area contributed by atoms with Gasteiger partial charge in [0.1, 0.15) is 17.9 Å². The van der Waals surface area contributed by atoms with Crippen molar-refractivity contribution in [2.45, 2.75) is 0 Å². The summed E-state index contributed by atoms with van der Waals surface area (Å²) < 4.78 is 5.74. The van der Waals surface area contributed by atoms with Crippen LogP contribution < -0.4 is 4.74 Å². The minimum absolute atomic E-state index is 0.000324. The lowest BCUT2D eigenvalue weighted by Gasteiger charge is -2.10. The molecule has 15 heavy (non-hydrogen) atoms. The van der Waals surface area contributed by atoms with Gasteiger partial charge in [-0.1, -0.05) is 11.6 Å². The first-order valence-corrected chi connectivity index (χ1v) is 5.48. The average Bonchev–Trinajstić information content (AvgIpc) is 2.15. The quantitative estimate of drug-likeness (QED) is 0.822. The Morgan fingerprint density at radius 1 is 1.53 bits per heavy atom. The summed E-state index contributed by atoms with van der Waals surface area (Å²) in [5.74, 6) is -0.870. The van der Waals surface area contributed by atoms with E-state index in [0.29, 0.717) is 8.59 Å². The molecule has 1 aromatic carbocycles. The lowest BCUT2D eigenvalue weighted by Crippen LogP contribution is -2.08. The summed E-state index contributed by atoms with van der Waals surface area (Å²) in [5.41, 5.74) is 0.000324. The van der Waals surface area contributed by atoms with Crippen LogP contribution in [0.2, 0.25) is 5.02 Å². The fourth-order valence-corrected chi connectivity index (χ4v) is 2.20. The van der Waals surface area contributed by atoms with E-state index in [2.05, 4.69) is 0 Å². The highest BCUT2D eigenvalue weighted by atomic mass is 127. The minimum Gasteiger partial charge on any atom is -0.489 e. The molecule has 6 heteroatoms. The molecule has 1 aromatic rings. The van der Waals surface area contributed by atoms with Crippen molar-refractivity contribution in [2.24, 2.45) is 0 Å². The van der Waals surface area contributed by atoms with Gasteiger partial charge in [-0.3, -0.25) is 0 Å². The molecule has 0 radical (unpaired) electrons. The zero-order valence-corrected chi connectivity index (χ0v) is 10.4. The number of rotatable bonds is 4. The largest absolute Gasteiger partial charge is 0.489 e. The predicted molar refractivity (Wildman–Crippen MR) is 63.7 cm³/mol. The van der Waals surface area contributed by atoms with E-state index >= 15 is 0 Å². The van der Waals surface area contributed by atoms with E-state index < -0.39 is 5.97 Å². The third-order valence-corrected chi connectivity index (χ3v) is 2.60. The Kier molecular flexibility index (Phi) is 4.62. The first-order valence-electron chi connectivity index (χ1n) is 4.02. The Bertz CT molecular complexity index is 381. The van der Waals surface area contributed by atoms with Gasteiger partial charge in [0.25, 0.3) is 0 Å². The molecule has 0 amide bonds. The van der Waals surface area contributed by atoms with Crippen molar-refractivity contribution in [3.8, 4) is 5.75 Å². The molecule has 0 atom stereocenters. The second-order valence-electron chi connectivity index (χ2n) is 2.64. The summed E-state index contributed by atoms with van der Waals surface area (Å²) >= 11 is 7.66. The average molecular weight is 343 g/mol. The maximum atomic E-state index is 10.9. The van der Waals surface area contributed by atoms with Crippen molar-refractivity contribution >= 4 is 40.2 Å². The van der Waals surface area contributed by atoms with Crippen LogP contribution in [0.3, 0.4) is 0 Å². The Morgan fingerprint density at radius 3 is 2.73 bits per heavy atom. The number of hydrogen-bond donors (Lipinski definition) is 2. The Morgan fingerprint density at radius 2 is 2.20 bits per heavy atom. The van der Waals surface area contributed by atoms with Crippen LogP contribution in [0.25, 0.3) is 0 Å². The Labute approximate surface area is 105 Å². The highest BCUT2D eigenvalue weighted by Crippen LogP contribution is 2.29. The van der Waals surface area contributed by atoms with Gasteiger partial charge >= 0.3 is 5.97 Å². The van der Waals surface area contributed by atoms with Gasteiger partial charge in [0, 0.05) is 5.02 Å². The third-order valence-electron chi connectivity index (χ3n) is 1.58. The third kappa shape index (κ3) is 3.22. The second-order valence-corrected chi connectivity index (χ2v) is 4.24. The maximum Gasteiger partial charge on any atom is 0.339 e. The van der Waals surface area contributed by atoms with Gasteiger partial charge in [0.15, 0.2) is 0 Å². The summed E-state index contributed by atoms with van der Waals surface area (Å²) in [6.45, 7) is -0.115. The number of hydrogen-bond acceptors (Lipinski definition) is 3. The molecular weight excluding hydrogens is 334 g/mol. The lowest BCUT2D eigenvalue weighted by molar-refractivity contribution is 0.0690. The molecule has 0 heterocycles. The van der Waals surface area contributed by atoms with E-state index in [1.54, 1.807) is 6.07 Å². The Hall–Kier alpha value is -0.530. The summed E-state index contributed by atoms with van der Waals surface area (Å²) in [6, 6.07) is 2.92. The maximum absolute atomic E-state index is 10.9. The monoisotopic (exact) mass is 342 g/mol. The molecule has 82 valence electrons. The molecule has 2 N–H and O–H groups in total. The molecule has 0 aliphatic heterocycles. The predicted octanol–water partition coefficient (Wildman–Crippen LogP) is 2.01. The molecule has 0 aliphatic carbocycles. The SMILES string of the molecule is O=C(O)c1cc(Cl)cc(I)c1OCCO. The van der Waals surface area contributed by atoms with E-state index in [0.717, 1.165) is 0 Å². The number of aliphatic hydroxyl groups is 1. The molecule has 4 nitrogen and oxygen atoms in total. The number of carboxylic acid groups (broad SMARTS) is 1. The topological polar surface area (TPSA) is 66.8 Å². The van der Waals surface area contributed by atoms with Crippen LogP contribution in [0.4, 0.5) is 0 Å². The molecule has 0 saturated heterocycles. The van der Waals surface area contributed by atoms with Crippen molar-refractivity contribution in [1.82, 2.24) is 0 Å². The number of aliphatic hydroxyl groups excluding tert-OH is 1. The number of carboxylic acids is 1. The van der Waals surface area contributed by atoms with E-state index in [-0.39, 0.29) is 24.5 Å². The second kappa shape index (κ2) is 5.53. The van der Waals surface area contributed by atoms with Gasteiger partial charge in [-0.15, -0.1) is 0 Å². The van der Waals surface area contributed by atoms with Crippen molar-refractivity contribution in [3.63, 3.8) is 0 Å². The fourth-order valence-electron chi connectivity index (χ4n) is 1.01. The van der Waals surface area contributed by atoms with Crippen molar-refractivity contribution in [3.05, 3.63) is 26.3 Å². The van der Waals surface area contributed by atoms with E-state index in [1.807, 2.05) is 22.6 Å².